The van der Waals surface area contributed by atoms with E-state index < -0.39 is 5.56 Å². The zero-order chi connectivity index (χ0) is 15.7. The lowest BCUT2D eigenvalue weighted by molar-refractivity contribution is 0.623. The summed E-state index contributed by atoms with van der Waals surface area (Å²) in [5.74, 6) is -0.318. The van der Waals surface area contributed by atoms with Gasteiger partial charge >= 0.3 is 0 Å². The number of nitrogens with one attached hydrogen (secondary N) is 1. The Morgan fingerprint density at radius 1 is 1.27 bits per heavy atom. The number of benzene rings is 1. The fourth-order valence-electron chi connectivity index (χ4n) is 2.92. The third kappa shape index (κ3) is 2.48. The molecule has 0 amide bonds. The van der Waals surface area contributed by atoms with Gasteiger partial charge in [0.15, 0.2) is 0 Å². The minimum atomic E-state index is -0.443. The molecule has 3 rings (SSSR count). The third-order valence-corrected chi connectivity index (χ3v) is 3.99. The first-order valence-electron chi connectivity index (χ1n) is 7.29. The molecule has 0 radical (unpaired) electrons. The van der Waals surface area contributed by atoms with Crippen LogP contribution in [0.4, 0.5) is 10.1 Å². The topological polar surface area (TPSA) is 59.9 Å². The standard InChI is InChI=1S/C17H16FN3O/c1-11-8-13(14(10-19)17(22)20-11)12-4-5-16(15(18)9-12)21-6-2-3-7-21/h4-5,8-9H,2-3,6-7H2,1H3,(H,20,22). The largest absolute Gasteiger partial charge is 0.369 e. The van der Waals surface area contributed by atoms with E-state index in [0.29, 0.717) is 22.5 Å². The number of aromatic amines is 1. The number of rotatable bonds is 2. The Bertz CT molecular complexity index is 814. The van der Waals surface area contributed by atoms with Crippen molar-refractivity contribution in [1.82, 2.24) is 4.98 Å². The molecule has 1 aliphatic heterocycles. The van der Waals surface area contributed by atoms with Crippen molar-refractivity contribution in [3.63, 3.8) is 0 Å². The highest BCUT2D eigenvalue weighted by molar-refractivity contribution is 5.72. The van der Waals surface area contributed by atoms with E-state index in [0.717, 1.165) is 25.9 Å². The van der Waals surface area contributed by atoms with Gasteiger partial charge in [0, 0.05) is 24.3 Å². The molecule has 2 aromatic rings. The molecule has 0 unspecified atom stereocenters. The second-order valence-electron chi connectivity index (χ2n) is 5.54. The zero-order valence-electron chi connectivity index (χ0n) is 12.3. The number of hydrogen-bond acceptors (Lipinski definition) is 3. The highest BCUT2D eigenvalue weighted by atomic mass is 19.1. The second kappa shape index (κ2) is 5.64. The Labute approximate surface area is 127 Å². The summed E-state index contributed by atoms with van der Waals surface area (Å²) < 4.78 is 14.4. The van der Waals surface area contributed by atoms with E-state index in [1.54, 1.807) is 25.1 Å². The summed E-state index contributed by atoms with van der Waals surface area (Å²) in [6.45, 7) is 3.47. The predicted octanol–water partition coefficient (Wildman–Crippen LogP) is 2.96. The maximum Gasteiger partial charge on any atom is 0.266 e. The predicted molar refractivity (Wildman–Crippen MR) is 83.4 cm³/mol. The van der Waals surface area contributed by atoms with Crippen LogP contribution in [0.2, 0.25) is 0 Å². The van der Waals surface area contributed by atoms with E-state index in [-0.39, 0.29) is 11.4 Å². The van der Waals surface area contributed by atoms with Crippen LogP contribution in [0, 0.1) is 24.1 Å². The second-order valence-corrected chi connectivity index (χ2v) is 5.54. The van der Waals surface area contributed by atoms with E-state index in [1.165, 1.54) is 6.07 Å². The number of nitrogens with zero attached hydrogens (tertiary/aromatic N) is 2. The molecule has 1 aromatic heterocycles. The molecule has 22 heavy (non-hydrogen) atoms. The van der Waals surface area contributed by atoms with E-state index in [2.05, 4.69) is 4.98 Å². The van der Waals surface area contributed by atoms with Crippen molar-refractivity contribution in [2.45, 2.75) is 19.8 Å². The van der Waals surface area contributed by atoms with Crippen LogP contribution in [0.15, 0.2) is 29.1 Å². The molecule has 1 aromatic carbocycles. The average molecular weight is 297 g/mol. The van der Waals surface area contributed by atoms with Crippen molar-refractivity contribution in [2.75, 3.05) is 18.0 Å². The first-order valence-corrected chi connectivity index (χ1v) is 7.29. The van der Waals surface area contributed by atoms with E-state index >= 15 is 0 Å². The lowest BCUT2D eigenvalue weighted by atomic mass is 10.0. The number of aryl methyl sites for hydroxylation is 1. The van der Waals surface area contributed by atoms with E-state index in [9.17, 15) is 14.4 Å². The molecule has 1 fully saturated rings. The molecule has 0 spiro atoms. The molecule has 5 heteroatoms. The minimum absolute atomic E-state index is 0.0129. The molecule has 0 aliphatic carbocycles. The number of H-pyrrole nitrogens is 1. The maximum absolute atomic E-state index is 14.4. The van der Waals surface area contributed by atoms with Gasteiger partial charge in [-0.25, -0.2) is 4.39 Å². The van der Waals surface area contributed by atoms with Crippen LogP contribution in [0.1, 0.15) is 24.1 Å². The number of nitriles is 1. The Balaban J connectivity index is 2.09. The molecule has 1 N–H and O–H groups in total. The monoisotopic (exact) mass is 297 g/mol. The van der Waals surface area contributed by atoms with E-state index in [4.69, 9.17) is 0 Å². The Hall–Kier alpha value is -2.61. The first-order chi connectivity index (χ1) is 10.6. The van der Waals surface area contributed by atoms with Crippen LogP contribution in [0.3, 0.4) is 0 Å². The quantitative estimate of drug-likeness (QED) is 0.927. The summed E-state index contributed by atoms with van der Waals surface area (Å²) in [7, 11) is 0. The Kier molecular flexibility index (Phi) is 3.68. The average Bonchev–Trinajstić information content (AvgIpc) is 3.00. The van der Waals surface area contributed by atoms with Gasteiger partial charge in [0.05, 0.1) is 5.69 Å². The third-order valence-electron chi connectivity index (χ3n) is 3.99. The van der Waals surface area contributed by atoms with Crippen LogP contribution in [0.25, 0.3) is 11.1 Å². The summed E-state index contributed by atoms with van der Waals surface area (Å²) in [5, 5.41) is 9.18. The lowest BCUT2D eigenvalue weighted by Gasteiger charge is -2.19. The van der Waals surface area contributed by atoms with Crippen molar-refractivity contribution < 1.29 is 4.39 Å². The van der Waals surface area contributed by atoms with Gasteiger partial charge in [-0.3, -0.25) is 4.79 Å². The maximum atomic E-state index is 14.4. The van der Waals surface area contributed by atoms with Crippen LogP contribution in [0.5, 0.6) is 0 Å². The Morgan fingerprint density at radius 3 is 2.64 bits per heavy atom. The number of anilines is 1. The zero-order valence-corrected chi connectivity index (χ0v) is 12.3. The molecule has 1 saturated heterocycles. The van der Waals surface area contributed by atoms with Crippen LogP contribution in [-0.2, 0) is 0 Å². The van der Waals surface area contributed by atoms with Gasteiger partial charge in [-0.1, -0.05) is 6.07 Å². The summed E-state index contributed by atoms with van der Waals surface area (Å²) in [4.78, 5) is 16.5. The summed E-state index contributed by atoms with van der Waals surface area (Å²) in [6.07, 6.45) is 2.15. The number of hydrogen-bond donors (Lipinski definition) is 1. The van der Waals surface area contributed by atoms with Crippen molar-refractivity contribution in [1.29, 1.82) is 5.26 Å². The fourth-order valence-corrected chi connectivity index (χ4v) is 2.92. The van der Waals surface area contributed by atoms with Crippen molar-refractivity contribution in [2.24, 2.45) is 0 Å². The van der Waals surface area contributed by atoms with Crippen LogP contribution >= 0.6 is 0 Å². The molecule has 4 nitrogen and oxygen atoms in total. The molecule has 0 bridgehead atoms. The van der Waals surface area contributed by atoms with Crippen molar-refractivity contribution >= 4 is 5.69 Å². The SMILES string of the molecule is Cc1cc(-c2ccc(N3CCCC3)c(F)c2)c(C#N)c(=O)[nH]1. The molecular weight excluding hydrogens is 281 g/mol. The normalized spacial score (nSPS) is 14.1. The van der Waals surface area contributed by atoms with Gasteiger partial charge in [0.2, 0.25) is 0 Å². The molecular formula is C17H16FN3O. The van der Waals surface area contributed by atoms with Crippen molar-refractivity contribution in [3.8, 4) is 17.2 Å². The fraction of sp³-hybridized carbons (Fsp3) is 0.294. The van der Waals surface area contributed by atoms with Crippen molar-refractivity contribution in [3.05, 3.63) is 51.7 Å². The van der Waals surface area contributed by atoms with Crippen LogP contribution in [-0.4, -0.2) is 18.1 Å². The lowest BCUT2D eigenvalue weighted by Crippen LogP contribution is -2.19. The summed E-state index contributed by atoms with van der Waals surface area (Å²) >= 11 is 0. The highest BCUT2D eigenvalue weighted by Crippen LogP contribution is 2.29. The van der Waals surface area contributed by atoms with Gasteiger partial charge in [-0.05, 0) is 43.5 Å². The smallest absolute Gasteiger partial charge is 0.266 e. The van der Waals surface area contributed by atoms with E-state index in [1.807, 2.05) is 11.0 Å². The number of pyridine rings is 1. The van der Waals surface area contributed by atoms with Gasteiger partial charge in [0.25, 0.3) is 5.56 Å². The minimum Gasteiger partial charge on any atom is -0.369 e. The molecule has 2 heterocycles. The van der Waals surface area contributed by atoms with Gasteiger partial charge < -0.3 is 9.88 Å². The van der Waals surface area contributed by atoms with Gasteiger partial charge in [0.1, 0.15) is 17.4 Å². The van der Waals surface area contributed by atoms with Gasteiger partial charge in [-0.15, -0.1) is 0 Å². The molecule has 0 saturated carbocycles. The highest BCUT2D eigenvalue weighted by Gasteiger charge is 2.18. The molecule has 0 atom stereocenters. The first kappa shape index (κ1) is 14.3. The number of halogens is 1. The summed E-state index contributed by atoms with van der Waals surface area (Å²) in [6, 6.07) is 8.51. The number of aromatic nitrogens is 1. The van der Waals surface area contributed by atoms with Gasteiger partial charge in [-0.2, -0.15) is 5.26 Å². The van der Waals surface area contributed by atoms with Crippen LogP contribution < -0.4 is 10.5 Å². The summed E-state index contributed by atoms with van der Waals surface area (Å²) in [5.41, 5.74) is 1.81. The molecule has 1 aliphatic rings. The Morgan fingerprint density at radius 2 is 2.00 bits per heavy atom. The molecule has 112 valence electrons.